The van der Waals surface area contributed by atoms with Crippen LogP contribution in [-0.2, 0) is 7.05 Å². The monoisotopic (exact) mass is 248 g/mol. The zero-order valence-electron chi connectivity index (χ0n) is 10.8. The number of hydrogen-bond acceptors (Lipinski definition) is 3. The fraction of sp³-hybridized carbons (Fsp3) is 0.385. The molecule has 0 bridgehead atoms. The molecule has 0 fully saturated rings. The molecule has 0 saturated carbocycles. The minimum absolute atomic E-state index is 0.0769. The van der Waals surface area contributed by atoms with Gasteiger partial charge < -0.3 is 5.32 Å². The van der Waals surface area contributed by atoms with E-state index in [2.05, 4.69) is 15.4 Å². The highest BCUT2D eigenvalue weighted by atomic mass is 19.1. The van der Waals surface area contributed by atoms with Gasteiger partial charge in [-0.1, -0.05) is 6.92 Å². The van der Waals surface area contributed by atoms with Crippen molar-refractivity contribution >= 4 is 0 Å². The summed E-state index contributed by atoms with van der Waals surface area (Å²) in [5, 5.41) is 7.57. The van der Waals surface area contributed by atoms with E-state index in [9.17, 15) is 4.39 Å². The first-order valence-electron chi connectivity index (χ1n) is 5.95. The zero-order chi connectivity index (χ0) is 13.1. The maximum Gasteiger partial charge on any atom is 0.141 e. The smallest absolute Gasteiger partial charge is 0.141 e. The summed E-state index contributed by atoms with van der Waals surface area (Å²) in [6.45, 7) is 4.81. The summed E-state index contributed by atoms with van der Waals surface area (Å²) < 4.78 is 15.1. The second kappa shape index (κ2) is 5.27. The van der Waals surface area contributed by atoms with E-state index in [1.165, 1.54) is 12.3 Å². The van der Waals surface area contributed by atoms with Crippen LogP contribution in [0.25, 0.3) is 0 Å². The first-order valence-corrected chi connectivity index (χ1v) is 5.95. The highest BCUT2D eigenvalue weighted by molar-refractivity contribution is 5.31. The summed E-state index contributed by atoms with van der Waals surface area (Å²) in [6.07, 6.45) is 4.71. The second-order valence-electron chi connectivity index (χ2n) is 4.24. The van der Waals surface area contributed by atoms with Crippen LogP contribution in [0.5, 0.6) is 0 Å². The SMILES string of the molecule is CCNC(c1cncc(F)c1)c1cnn(C)c1C. The Hall–Kier alpha value is -1.75. The molecule has 1 atom stereocenters. The first-order chi connectivity index (χ1) is 8.63. The molecule has 2 rings (SSSR count). The Bertz CT molecular complexity index is 536. The van der Waals surface area contributed by atoms with Crippen molar-refractivity contribution < 1.29 is 4.39 Å². The lowest BCUT2D eigenvalue weighted by Crippen LogP contribution is -2.22. The van der Waals surface area contributed by atoms with Gasteiger partial charge in [-0.15, -0.1) is 0 Å². The predicted octanol–water partition coefficient (Wildman–Crippen LogP) is 1.96. The van der Waals surface area contributed by atoms with Gasteiger partial charge in [0.2, 0.25) is 0 Å². The summed E-state index contributed by atoms with van der Waals surface area (Å²) >= 11 is 0. The molecule has 0 amide bonds. The number of nitrogens with one attached hydrogen (secondary N) is 1. The Balaban J connectivity index is 2.43. The molecule has 1 N–H and O–H groups in total. The van der Waals surface area contributed by atoms with Crippen molar-refractivity contribution in [2.45, 2.75) is 19.9 Å². The van der Waals surface area contributed by atoms with Crippen LogP contribution in [0.4, 0.5) is 4.39 Å². The third kappa shape index (κ3) is 2.41. The molecule has 0 radical (unpaired) electrons. The van der Waals surface area contributed by atoms with Crippen molar-refractivity contribution in [2.75, 3.05) is 6.54 Å². The molecule has 2 aromatic heterocycles. The maximum atomic E-state index is 13.3. The zero-order valence-corrected chi connectivity index (χ0v) is 10.8. The van der Waals surface area contributed by atoms with Crippen molar-refractivity contribution in [2.24, 2.45) is 7.05 Å². The molecule has 2 heterocycles. The Morgan fingerprint density at radius 2 is 2.17 bits per heavy atom. The fourth-order valence-corrected chi connectivity index (χ4v) is 2.00. The molecule has 0 spiro atoms. The van der Waals surface area contributed by atoms with Crippen LogP contribution in [-0.4, -0.2) is 21.3 Å². The van der Waals surface area contributed by atoms with E-state index < -0.39 is 0 Å². The molecule has 0 aliphatic heterocycles. The van der Waals surface area contributed by atoms with Crippen LogP contribution >= 0.6 is 0 Å². The van der Waals surface area contributed by atoms with E-state index in [0.29, 0.717) is 0 Å². The lowest BCUT2D eigenvalue weighted by molar-refractivity contribution is 0.594. The number of pyridine rings is 1. The van der Waals surface area contributed by atoms with Crippen molar-refractivity contribution in [3.05, 3.63) is 47.3 Å². The average molecular weight is 248 g/mol. The largest absolute Gasteiger partial charge is 0.306 e. The summed E-state index contributed by atoms with van der Waals surface area (Å²) in [5.41, 5.74) is 2.92. The van der Waals surface area contributed by atoms with Gasteiger partial charge in [0, 0.05) is 24.5 Å². The van der Waals surface area contributed by atoms with Gasteiger partial charge in [-0.25, -0.2) is 4.39 Å². The van der Waals surface area contributed by atoms with Crippen LogP contribution in [0.15, 0.2) is 24.7 Å². The topological polar surface area (TPSA) is 42.7 Å². The highest BCUT2D eigenvalue weighted by Crippen LogP contribution is 2.24. The van der Waals surface area contributed by atoms with Crippen LogP contribution in [0.2, 0.25) is 0 Å². The number of aromatic nitrogens is 3. The van der Waals surface area contributed by atoms with Crippen molar-refractivity contribution in [3.8, 4) is 0 Å². The lowest BCUT2D eigenvalue weighted by atomic mass is 10.0. The molecular formula is C13H17FN4. The van der Waals surface area contributed by atoms with E-state index in [1.54, 1.807) is 6.20 Å². The molecule has 0 aliphatic carbocycles. The van der Waals surface area contributed by atoms with Gasteiger partial charge in [0.15, 0.2) is 0 Å². The first kappa shape index (κ1) is 12.7. The Labute approximate surface area is 106 Å². The maximum absolute atomic E-state index is 13.3. The van der Waals surface area contributed by atoms with E-state index in [4.69, 9.17) is 0 Å². The normalized spacial score (nSPS) is 12.7. The minimum Gasteiger partial charge on any atom is -0.306 e. The Morgan fingerprint density at radius 1 is 1.39 bits per heavy atom. The van der Waals surface area contributed by atoms with E-state index in [1.807, 2.05) is 31.8 Å². The fourth-order valence-electron chi connectivity index (χ4n) is 2.00. The van der Waals surface area contributed by atoms with Crippen LogP contribution in [0.1, 0.15) is 29.8 Å². The number of hydrogen-bond donors (Lipinski definition) is 1. The van der Waals surface area contributed by atoms with Crippen molar-refractivity contribution in [1.29, 1.82) is 0 Å². The Kier molecular flexibility index (Phi) is 3.72. The molecule has 0 aliphatic rings. The van der Waals surface area contributed by atoms with Crippen LogP contribution in [0, 0.1) is 12.7 Å². The molecule has 4 nitrogen and oxygen atoms in total. The van der Waals surface area contributed by atoms with Gasteiger partial charge in [-0.2, -0.15) is 5.10 Å². The third-order valence-corrected chi connectivity index (χ3v) is 3.05. The van der Waals surface area contributed by atoms with Gasteiger partial charge >= 0.3 is 0 Å². The van der Waals surface area contributed by atoms with Gasteiger partial charge in [0.25, 0.3) is 0 Å². The molecule has 5 heteroatoms. The summed E-state index contributed by atoms with van der Waals surface area (Å²) in [6, 6.07) is 1.43. The molecule has 0 saturated heterocycles. The lowest BCUT2D eigenvalue weighted by Gasteiger charge is -2.18. The number of aryl methyl sites for hydroxylation is 1. The third-order valence-electron chi connectivity index (χ3n) is 3.05. The Morgan fingerprint density at radius 3 is 2.72 bits per heavy atom. The number of halogens is 1. The summed E-state index contributed by atoms with van der Waals surface area (Å²) in [4.78, 5) is 3.91. The van der Waals surface area contributed by atoms with E-state index in [-0.39, 0.29) is 11.9 Å². The quantitative estimate of drug-likeness (QED) is 0.899. The second-order valence-corrected chi connectivity index (χ2v) is 4.24. The van der Waals surface area contributed by atoms with Gasteiger partial charge in [0.05, 0.1) is 18.4 Å². The van der Waals surface area contributed by atoms with Crippen molar-refractivity contribution in [3.63, 3.8) is 0 Å². The van der Waals surface area contributed by atoms with Gasteiger partial charge in [0.1, 0.15) is 5.82 Å². The van der Waals surface area contributed by atoms with Crippen LogP contribution < -0.4 is 5.32 Å². The highest BCUT2D eigenvalue weighted by Gasteiger charge is 2.18. The van der Waals surface area contributed by atoms with E-state index >= 15 is 0 Å². The van der Waals surface area contributed by atoms with Gasteiger partial charge in [-0.05, 0) is 25.1 Å². The predicted molar refractivity (Wildman–Crippen MR) is 67.7 cm³/mol. The number of nitrogens with zero attached hydrogens (tertiary/aromatic N) is 3. The molecule has 1 unspecified atom stereocenters. The standard InChI is InChI=1S/C13H17FN4/c1-4-16-13(10-5-11(14)7-15-6-10)12-8-17-18(3)9(12)2/h5-8,13,16H,4H2,1-3H3. The molecular weight excluding hydrogens is 231 g/mol. The molecule has 2 aromatic rings. The molecule has 96 valence electrons. The van der Waals surface area contributed by atoms with E-state index in [0.717, 1.165) is 23.4 Å². The minimum atomic E-state index is -0.322. The average Bonchev–Trinajstić information content (AvgIpc) is 2.67. The molecule has 0 aromatic carbocycles. The van der Waals surface area contributed by atoms with Crippen LogP contribution in [0.3, 0.4) is 0 Å². The van der Waals surface area contributed by atoms with Gasteiger partial charge in [-0.3, -0.25) is 9.67 Å². The van der Waals surface area contributed by atoms with Crippen molar-refractivity contribution in [1.82, 2.24) is 20.1 Å². The summed E-state index contributed by atoms with van der Waals surface area (Å²) in [7, 11) is 1.89. The molecule has 18 heavy (non-hydrogen) atoms. The number of rotatable bonds is 4. The summed E-state index contributed by atoms with van der Waals surface area (Å²) in [5.74, 6) is -0.322.